The first-order chi connectivity index (χ1) is 12.9. The van der Waals surface area contributed by atoms with Gasteiger partial charge in [0.1, 0.15) is 5.75 Å². The van der Waals surface area contributed by atoms with E-state index in [1.807, 2.05) is 0 Å². The van der Waals surface area contributed by atoms with E-state index in [-0.39, 0.29) is 30.3 Å². The molecule has 1 aromatic rings. The molecule has 150 valence electrons. The molecule has 5 nitrogen and oxygen atoms in total. The predicted octanol–water partition coefficient (Wildman–Crippen LogP) is 3.55. The van der Waals surface area contributed by atoms with Gasteiger partial charge in [-0.3, -0.25) is 4.79 Å². The van der Waals surface area contributed by atoms with Gasteiger partial charge in [0.25, 0.3) is 0 Å². The van der Waals surface area contributed by atoms with E-state index in [0.717, 1.165) is 45.1 Å². The molecule has 2 N–H and O–H groups in total. The van der Waals surface area contributed by atoms with E-state index in [9.17, 15) is 9.18 Å². The number of halogens is 1. The second-order valence-corrected chi connectivity index (χ2v) is 8.44. The zero-order valence-corrected chi connectivity index (χ0v) is 16.6. The molecule has 2 fully saturated rings. The molecule has 6 heteroatoms. The van der Waals surface area contributed by atoms with Gasteiger partial charge in [-0.05, 0) is 56.6 Å². The molecule has 1 saturated carbocycles. The largest absolute Gasteiger partial charge is 0.496 e. The van der Waals surface area contributed by atoms with Crippen LogP contribution < -0.4 is 20.1 Å². The lowest BCUT2D eigenvalue weighted by atomic mass is 9.76. The fourth-order valence-corrected chi connectivity index (χ4v) is 3.88. The summed E-state index contributed by atoms with van der Waals surface area (Å²) in [6.45, 7) is 5.61. The number of ether oxygens (including phenoxy) is 2. The lowest BCUT2D eigenvalue weighted by Gasteiger charge is -2.34. The molecule has 0 radical (unpaired) electrons. The van der Waals surface area contributed by atoms with Crippen molar-refractivity contribution in [3.8, 4) is 11.5 Å². The van der Waals surface area contributed by atoms with Gasteiger partial charge < -0.3 is 20.1 Å². The molecule has 1 amide bonds. The first-order valence-electron chi connectivity index (χ1n) is 9.92. The van der Waals surface area contributed by atoms with E-state index in [2.05, 4.69) is 24.5 Å². The quantitative estimate of drug-likeness (QED) is 0.795. The smallest absolute Gasteiger partial charge is 0.237 e. The van der Waals surface area contributed by atoms with Crippen molar-refractivity contribution in [1.29, 1.82) is 0 Å². The first kappa shape index (κ1) is 19.9. The van der Waals surface area contributed by atoms with E-state index in [4.69, 9.17) is 9.47 Å². The summed E-state index contributed by atoms with van der Waals surface area (Å²) in [5, 5.41) is 6.02. The van der Waals surface area contributed by atoms with Gasteiger partial charge in [-0.1, -0.05) is 13.8 Å². The number of carbonyl (C=O) groups is 1. The van der Waals surface area contributed by atoms with Crippen LogP contribution in [0.4, 0.5) is 4.39 Å². The monoisotopic (exact) mass is 378 g/mol. The molecular formula is C21H31FN2O3. The van der Waals surface area contributed by atoms with Gasteiger partial charge in [0.2, 0.25) is 5.91 Å². The molecule has 0 unspecified atom stereocenters. The van der Waals surface area contributed by atoms with Crippen LogP contribution >= 0.6 is 0 Å². The minimum Gasteiger partial charge on any atom is -0.496 e. The lowest BCUT2D eigenvalue weighted by Crippen LogP contribution is -2.40. The van der Waals surface area contributed by atoms with E-state index >= 15 is 0 Å². The Labute approximate surface area is 161 Å². The van der Waals surface area contributed by atoms with Crippen LogP contribution in [0, 0.1) is 11.2 Å². The summed E-state index contributed by atoms with van der Waals surface area (Å²) in [6.07, 6.45) is 5.90. The standard InChI is InChI=1S/C21H31FN2O3/c1-21(2)8-6-15(7-9-21)27-19-12-18(26-3)14(11-16(19)22)13-24-20(25)17-5-4-10-23-17/h11-12,15,17,23H,4-10,13H2,1-3H3,(H,24,25)/t17-/m0/s1. The van der Waals surface area contributed by atoms with Crippen molar-refractivity contribution < 1.29 is 18.7 Å². The summed E-state index contributed by atoms with van der Waals surface area (Å²) in [5.74, 6) is 0.287. The molecule has 1 aromatic carbocycles. The van der Waals surface area contributed by atoms with Crippen LogP contribution in [0.3, 0.4) is 0 Å². The van der Waals surface area contributed by atoms with E-state index < -0.39 is 5.82 Å². The van der Waals surface area contributed by atoms with Gasteiger partial charge in [0.05, 0.1) is 19.3 Å². The van der Waals surface area contributed by atoms with Gasteiger partial charge in [0, 0.05) is 18.2 Å². The van der Waals surface area contributed by atoms with Crippen LogP contribution in [-0.2, 0) is 11.3 Å². The van der Waals surface area contributed by atoms with Crippen LogP contribution in [-0.4, -0.2) is 31.7 Å². The molecule has 0 spiro atoms. The fourth-order valence-electron chi connectivity index (χ4n) is 3.88. The third kappa shape index (κ3) is 5.12. The summed E-state index contributed by atoms with van der Waals surface area (Å²) in [6, 6.07) is 2.85. The topological polar surface area (TPSA) is 59.6 Å². The Bertz CT molecular complexity index is 662. The van der Waals surface area contributed by atoms with Gasteiger partial charge in [0.15, 0.2) is 11.6 Å². The van der Waals surface area contributed by atoms with Crippen LogP contribution in [0.5, 0.6) is 11.5 Å². The van der Waals surface area contributed by atoms with Crippen molar-refractivity contribution in [1.82, 2.24) is 10.6 Å². The molecule has 1 aliphatic carbocycles. The number of hydrogen-bond acceptors (Lipinski definition) is 4. The van der Waals surface area contributed by atoms with Gasteiger partial charge in [-0.25, -0.2) is 4.39 Å². The Kier molecular flexibility index (Phi) is 6.25. The van der Waals surface area contributed by atoms with Crippen LogP contribution in [0.25, 0.3) is 0 Å². The maximum Gasteiger partial charge on any atom is 0.237 e. The number of hydrogen-bond donors (Lipinski definition) is 2. The highest BCUT2D eigenvalue weighted by atomic mass is 19.1. The highest BCUT2D eigenvalue weighted by Gasteiger charge is 2.28. The number of amides is 1. The zero-order chi connectivity index (χ0) is 19.4. The Morgan fingerprint density at radius 3 is 2.63 bits per heavy atom. The summed E-state index contributed by atoms with van der Waals surface area (Å²) in [4.78, 5) is 12.2. The summed E-state index contributed by atoms with van der Waals surface area (Å²) in [7, 11) is 1.55. The SMILES string of the molecule is COc1cc(OC2CCC(C)(C)CC2)c(F)cc1CNC(=O)[C@@H]1CCCN1. The minimum absolute atomic E-state index is 0.0382. The van der Waals surface area contributed by atoms with Gasteiger partial charge in [-0.2, -0.15) is 0 Å². The molecule has 0 aromatic heterocycles. The van der Waals surface area contributed by atoms with E-state index in [1.54, 1.807) is 13.2 Å². The molecule has 1 saturated heterocycles. The van der Waals surface area contributed by atoms with Crippen molar-refractivity contribution in [2.75, 3.05) is 13.7 Å². The Hall–Kier alpha value is -1.82. The molecular weight excluding hydrogens is 347 g/mol. The van der Waals surface area contributed by atoms with Crippen molar-refractivity contribution in [3.63, 3.8) is 0 Å². The molecule has 1 heterocycles. The molecule has 27 heavy (non-hydrogen) atoms. The van der Waals surface area contributed by atoms with Gasteiger partial charge in [-0.15, -0.1) is 0 Å². The molecule has 2 aliphatic rings. The molecule has 1 atom stereocenters. The highest BCUT2D eigenvalue weighted by Crippen LogP contribution is 2.37. The Morgan fingerprint density at radius 1 is 1.26 bits per heavy atom. The minimum atomic E-state index is -0.413. The summed E-state index contributed by atoms with van der Waals surface area (Å²) < 4.78 is 25.9. The molecule has 0 bridgehead atoms. The zero-order valence-electron chi connectivity index (χ0n) is 16.6. The van der Waals surface area contributed by atoms with Crippen molar-refractivity contribution in [2.24, 2.45) is 5.41 Å². The molecule has 3 rings (SSSR count). The van der Waals surface area contributed by atoms with Crippen molar-refractivity contribution >= 4 is 5.91 Å². The van der Waals surface area contributed by atoms with Crippen molar-refractivity contribution in [3.05, 3.63) is 23.5 Å². The van der Waals surface area contributed by atoms with E-state index in [1.165, 1.54) is 6.07 Å². The summed E-state index contributed by atoms with van der Waals surface area (Å²) in [5.41, 5.74) is 0.949. The van der Waals surface area contributed by atoms with Gasteiger partial charge >= 0.3 is 0 Å². The number of nitrogens with one attached hydrogen (secondary N) is 2. The first-order valence-corrected chi connectivity index (χ1v) is 9.92. The lowest BCUT2D eigenvalue weighted by molar-refractivity contribution is -0.122. The third-order valence-corrected chi connectivity index (χ3v) is 5.74. The second kappa shape index (κ2) is 8.46. The van der Waals surface area contributed by atoms with Crippen molar-refractivity contribution in [2.45, 2.75) is 71.1 Å². The normalized spacial score (nSPS) is 22.4. The highest BCUT2D eigenvalue weighted by molar-refractivity contribution is 5.82. The average Bonchev–Trinajstić information content (AvgIpc) is 3.18. The second-order valence-electron chi connectivity index (χ2n) is 8.44. The Balaban J connectivity index is 1.63. The van der Waals surface area contributed by atoms with Crippen LogP contribution in [0.15, 0.2) is 12.1 Å². The number of benzene rings is 1. The number of rotatable bonds is 6. The number of methoxy groups -OCH3 is 1. The maximum absolute atomic E-state index is 14.6. The van der Waals surface area contributed by atoms with Crippen LogP contribution in [0.2, 0.25) is 0 Å². The Morgan fingerprint density at radius 2 is 2.00 bits per heavy atom. The molecule has 1 aliphatic heterocycles. The summed E-state index contributed by atoms with van der Waals surface area (Å²) >= 11 is 0. The fraction of sp³-hybridized carbons (Fsp3) is 0.667. The number of carbonyl (C=O) groups excluding carboxylic acids is 1. The maximum atomic E-state index is 14.6. The van der Waals surface area contributed by atoms with Crippen LogP contribution in [0.1, 0.15) is 57.9 Å². The third-order valence-electron chi connectivity index (χ3n) is 5.74. The van der Waals surface area contributed by atoms with E-state index in [0.29, 0.717) is 16.7 Å². The average molecular weight is 378 g/mol. The predicted molar refractivity (Wildman–Crippen MR) is 102 cm³/mol.